The fourth-order valence-corrected chi connectivity index (χ4v) is 1.68. The van der Waals surface area contributed by atoms with E-state index in [9.17, 15) is 0 Å². The predicted molar refractivity (Wildman–Crippen MR) is 67.2 cm³/mol. The third kappa shape index (κ3) is 3.24. The Morgan fingerprint density at radius 1 is 1.20 bits per heavy atom. The van der Waals surface area contributed by atoms with Crippen LogP contribution >= 0.6 is 0 Å². The smallest absolute Gasteiger partial charge is 0.0363 e. The van der Waals surface area contributed by atoms with Crippen molar-refractivity contribution in [1.29, 1.82) is 0 Å². The monoisotopic (exact) mass is 206 g/mol. The summed E-state index contributed by atoms with van der Waals surface area (Å²) < 4.78 is 0. The van der Waals surface area contributed by atoms with E-state index >= 15 is 0 Å². The number of nitrogens with two attached hydrogens (primary N) is 1. The van der Waals surface area contributed by atoms with Gasteiger partial charge in [-0.25, -0.2) is 0 Å². The van der Waals surface area contributed by atoms with E-state index in [1.165, 1.54) is 17.7 Å². The molecule has 2 N–H and O–H groups in total. The van der Waals surface area contributed by atoms with Gasteiger partial charge in [0, 0.05) is 25.3 Å². The van der Waals surface area contributed by atoms with Gasteiger partial charge in [-0.15, -0.1) is 0 Å². The maximum atomic E-state index is 5.97. The molecule has 2 nitrogen and oxygen atoms in total. The summed E-state index contributed by atoms with van der Waals surface area (Å²) in [5, 5.41) is 0. The highest BCUT2D eigenvalue weighted by Crippen LogP contribution is 2.18. The Hall–Kier alpha value is -1.02. The van der Waals surface area contributed by atoms with Crippen LogP contribution in [0.3, 0.4) is 0 Å². The minimum atomic E-state index is 0.176. The summed E-state index contributed by atoms with van der Waals surface area (Å²) >= 11 is 0. The standard InChI is InChI=1S/C13H22N2/c1-4-10-15(3)12-8-6-11(7-9-12)13(14)5-2/h6-9,13H,4-5,10,14H2,1-3H3/t13-/m1/s1. The molecule has 0 aliphatic carbocycles. The molecule has 1 rings (SSSR count). The lowest BCUT2D eigenvalue weighted by Crippen LogP contribution is -2.17. The zero-order valence-corrected chi connectivity index (χ0v) is 10.0. The minimum Gasteiger partial charge on any atom is -0.375 e. The van der Waals surface area contributed by atoms with Crippen LogP contribution in [0.25, 0.3) is 0 Å². The van der Waals surface area contributed by atoms with E-state index in [1.54, 1.807) is 0 Å². The van der Waals surface area contributed by atoms with E-state index in [1.807, 2.05) is 0 Å². The molecule has 0 saturated heterocycles. The molecule has 0 unspecified atom stereocenters. The van der Waals surface area contributed by atoms with Crippen LogP contribution in [-0.4, -0.2) is 13.6 Å². The first-order valence-corrected chi connectivity index (χ1v) is 5.75. The van der Waals surface area contributed by atoms with Gasteiger partial charge in [0.05, 0.1) is 0 Å². The zero-order valence-electron chi connectivity index (χ0n) is 10.0. The van der Waals surface area contributed by atoms with Crippen molar-refractivity contribution in [2.24, 2.45) is 5.73 Å². The lowest BCUT2D eigenvalue weighted by Gasteiger charge is -2.19. The highest BCUT2D eigenvalue weighted by atomic mass is 15.1. The van der Waals surface area contributed by atoms with Gasteiger partial charge in [0.15, 0.2) is 0 Å². The van der Waals surface area contributed by atoms with Gasteiger partial charge in [0.25, 0.3) is 0 Å². The van der Waals surface area contributed by atoms with Crippen LogP contribution in [0.15, 0.2) is 24.3 Å². The molecule has 0 spiro atoms. The van der Waals surface area contributed by atoms with Crippen LogP contribution in [0, 0.1) is 0 Å². The molecule has 1 aromatic rings. The Labute approximate surface area is 93.1 Å². The second-order valence-electron chi connectivity index (χ2n) is 4.03. The Balaban J connectivity index is 2.71. The number of rotatable bonds is 5. The topological polar surface area (TPSA) is 29.3 Å². The third-order valence-electron chi connectivity index (χ3n) is 2.76. The molecule has 0 aliphatic heterocycles. The zero-order chi connectivity index (χ0) is 11.3. The van der Waals surface area contributed by atoms with Crippen LogP contribution < -0.4 is 10.6 Å². The Morgan fingerprint density at radius 3 is 2.27 bits per heavy atom. The maximum absolute atomic E-state index is 5.97. The van der Waals surface area contributed by atoms with Crippen molar-refractivity contribution in [2.75, 3.05) is 18.5 Å². The lowest BCUT2D eigenvalue weighted by molar-refractivity contribution is 0.698. The van der Waals surface area contributed by atoms with Crippen molar-refractivity contribution in [1.82, 2.24) is 0 Å². The molecule has 0 aliphatic rings. The number of hydrogen-bond donors (Lipinski definition) is 1. The first kappa shape index (κ1) is 12.1. The van der Waals surface area contributed by atoms with Gasteiger partial charge in [0.2, 0.25) is 0 Å². The maximum Gasteiger partial charge on any atom is 0.0363 e. The van der Waals surface area contributed by atoms with Gasteiger partial charge < -0.3 is 10.6 Å². The van der Waals surface area contributed by atoms with Crippen molar-refractivity contribution < 1.29 is 0 Å². The first-order chi connectivity index (χ1) is 7.19. The number of nitrogens with zero attached hydrogens (tertiary/aromatic N) is 1. The highest BCUT2D eigenvalue weighted by Gasteiger charge is 2.04. The summed E-state index contributed by atoms with van der Waals surface area (Å²) in [7, 11) is 2.12. The van der Waals surface area contributed by atoms with E-state index < -0.39 is 0 Å². The van der Waals surface area contributed by atoms with Crippen LogP contribution in [0.4, 0.5) is 5.69 Å². The normalized spacial score (nSPS) is 12.5. The van der Waals surface area contributed by atoms with Gasteiger partial charge in [0.1, 0.15) is 0 Å². The molecule has 15 heavy (non-hydrogen) atoms. The highest BCUT2D eigenvalue weighted by molar-refractivity contribution is 5.47. The molecule has 84 valence electrons. The van der Waals surface area contributed by atoms with E-state index in [4.69, 9.17) is 5.73 Å². The molecule has 1 aromatic carbocycles. The molecule has 0 radical (unpaired) electrons. The average Bonchev–Trinajstić information content (AvgIpc) is 2.28. The fourth-order valence-electron chi connectivity index (χ4n) is 1.68. The second-order valence-corrected chi connectivity index (χ2v) is 4.03. The summed E-state index contributed by atoms with van der Waals surface area (Å²) in [6.07, 6.45) is 2.16. The average molecular weight is 206 g/mol. The summed E-state index contributed by atoms with van der Waals surface area (Å²) in [5.41, 5.74) is 8.46. The Morgan fingerprint density at radius 2 is 1.80 bits per heavy atom. The van der Waals surface area contributed by atoms with Gasteiger partial charge in [-0.1, -0.05) is 26.0 Å². The van der Waals surface area contributed by atoms with Gasteiger partial charge in [-0.2, -0.15) is 0 Å². The van der Waals surface area contributed by atoms with Crippen LogP contribution in [0.2, 0.25) is 0 Å². The Bertz CT molecular complexity index is 279. The molecule has 1 atom stereocenters. The third-order valence-corrected chi connectivity index (χ3v) is 2.76. The minimum absolute atomic E-state index is 0.176. The summed E-state index contributed by atoms with van der Waals surface area (Å²) in [4.78, 5) is 2.27. The molecule has 0 amide bonds. The van der Waals surface area contributed by atoms with E-state index in [0.717, 1.165) is 13.0 Å². The largest absolute Gasteiger partial charge is 0.375 e. The van der Waals surface area contributed by atoms with Crippen molar-refractivity contribution in [3.05, 3.63) is 29.8 Å². The fraction of sp³-hybridized carbons (Fsp3) is 0.538. The summed E-state index contributed by atoms with van der Waals surface area (Å²) in [6.45, 7) is 5.40. The quantitative estimate of drug-likeness (QED) is 0.802. The molecule has 0 bridgehead atoms. The summed E-state index contributed by atoms with van der Waals surface area (Å²) in [6, 6.07) is 8.75. The first-order valence-electron chi connectivity index (χ1n) is 5.75. The van der Waals surface area contributed by atoms with Gasteiger partial charge in [-0.3, -0.25) is 0 Å². The van der Waals surface area contributed by atoms with Crippen LogP contribution in [-0.2, 0) is 0 Å². The number of anilines is 1. The molecular formula is C13H22N2. The number of hydrogen-bond acceptors (Lipinski definition) is 2. The SMILES string of the molecule is CCCN(C)c1ccc([C@H](N)CC)cc1. The lowest BCUT2D eigenvalue weighted by atomic mass is 10.1. The van der Waals surface area contributed by atoms with Crippen molar-refractivity contribution in [3.8, 4) is 0 Å². The van der Waals surface area contributed by atoms with Crippen molar-refractivity contribution >= 4 is 5.69 Å². The van der Waals surface area contributed by atoms with Gasteiger partial charge >= 0.3 is 0 Å². The second kappa shape index (κ2) is 5.76. The van der Waals surface area contributed by atoms with E-state index in [0.29, 0.717) is 0 Å². The van der Waals surface area contributed by atoms with Crippen molar-refractivity contribution in [2.45, 2.75) is 32.7 Å². The molecule has 0 heterocycles. The molecule has 0 aromatic heterocycles. The molecule has 0 saturated carbocycles. The van der Waals surface area contributed by atoms with Crippen LogP contribution in [0.5, 0.6) is 0 Å². The van der Waals surface area contributed by atoms with E-state index in [2.05, 4.69) is 50.1 Å². The van der Waals surface area contributed by atoms with Gasteiger partial charge in [-0.05, 0) is 30.5 Å². The molecule has 0 fully saturated rings. The number of benzene rings is 1. The Kier molecular flexibility index (Phi) is 4.63. The molecular weight excluding hydrogens is 184 g/mol. The predicted octanol–water partition coefficient (Wildman–Crippen LogP) is 2.94. The van der Waals surface area contributed by atoms with Crippen molar-refractivity contribution in [3.63, 3.8) is 0 Å². The van der Waals surface area contributed by atoms with Crippen LogP contribution in [0.1, 0.15) is 38.3 Å². The summed E-state index contributed by atoms with van der Waals surface area (Å²) in [5.74, 6) is 0. The molecule has 2 heteroatoms. The van der Waals surface area contributed by atoms with E-state index in [-0.39, 0.29) is 6.04 Å².